The van der Waals surface area contributed by atoms with Gasteiger partial charge in [0.05, 0.1) is 0 Å². The van der Waals surface area contributed by atoms with Crippen molar-refractivity contribution in [1.29, 1.82) is 0 Å². The van der Waals surface area contributed by atoms with E-state index in [1.165, 1.54) is 11.0 Å². The van der Waals surface area contributed by atoms with E-state index in [1.807, 2.05) is 54.6 Å². The van der Waals surface area contributed by atoms with E-state index in [4.69, 9.17) is 0 Å². The number of carbonyl (C=O) groups excluding carboxylic acids is 1. The van der Waals surface area contributed by atoms with Crippen LogP contribution in [0.15, 0.2) is 65.4 Å². The molecule has 116 valence electrons. The summed E-state index contributed by atoms with van der Waals surface area (Å²) in [4.78, 5) is 12.7. The fraction of sp³-hybridized carbons (Fsp3) is 0.125. The van der Waals surface area contributed by atoms with Gasteiger partial charge in [-0.15, -0.1) is 5.10 Å². The lowest BCUT2D eigenvalue weighted by Gasteiger charge is -2.16. The van der Waals surface area contributed by atoms with Gasteiger partial charge in [-0.05, 0) is 34.2 Å². The molecule has 1 amide bonds. The lowest BCUT2D eigenvalue weighted by molar-refractivity contribution is -0.119. The largest absolute Gasteiger partial charge is 0.324 e. The van der Waals surface area contributed by atoms with Crippen LogP contribution in [0.25, 0.3) is 0 Å². The lowest BCUT2D eigenvalue weighted by atomic mass is 10.1. The molecule has 0 aliphatic rings. The maximum Gasteiger partial charge on any atom is 0.249 e. The Bertz CT molecular complexity index is 776. The van der Waals surface area contributed by atoms with Gasteiger partial charge in [0.25, 0.3) is 0 Å². The van der Waals surface area contributed by atoms with Gasteiger partial charge >= 0.3 is 0 Å². The standard InChI is InChI=1S/C16H14BrN5O/c17-13-7-4-8-14(10-13)19-16(23)15(22-11-18-20-21-22)9-12-5-2-1-3-6-12/h1-8,10-11,15H,9H2,(H,19,23)/t15-/m1/s1. The van der Waals surface area contributed by atoms with Crippen molar-refractivity contribution in [2.24, 2.45) is 0 Å². The predicted molar refractivity (Wildman–Crippen MR) is 89.8 cm³/mol. The fourth-order valence-electron chi connectivity index (χ4n) is 2.25. The normalized spacial score (nSPS) is 11.9. The Balaban J connectivity index is 1.82. The van der Waals surface area contributed by atoms with Crippen LogP contribution in [0, 0.1) is 0 Å². The average molecular weight is 372 g/mol. The van der Waals surface area contributed by atoms with E-state index in [-0.39, 0.29) is 5.91 Å². The Hall–Kier alpha value is -2.54. The Morgan fingerprint density at radius 2 is 2.00 bits per heavy atom. The maximum atomic E-state index is 12.7. The van der Waals surface area contributed by atoms with Crippen LogP contribution in [0.3, 0.4) is 0 Å². The molecule has 3 rings (SSSR count). The highest BCUT2D eigenvalue weighted by Crippen LogP contribution is 2.19. The van der Waals surface area contributed by atoms with Gasteiger partial charge < -0.3 is 5.32 Å². The quantitative estimate of drug-likeness (QED) is 0.748. The molecule has 7 heteroatoms. The van der Waals surface area contributed by atoms with Gasteiger partial charge in [0.15, 0.2) is 0 Å². The molecule has 0 bridgehead atoms. The third kappa shape index (κ3) is 4.01. The first-order valence-electron chi connectivity index (χ1n) is 7.05. The van der Waals surface area contributed by atoms with E-state index in [1.54, 1.807) is 0 Å². The van der Waals surface area contributed by atoms with Crippen molar-refractivity contribution in [2.75, 3.05) is 5.32 Å². The molecule has 0 saturated carbocycles. The minimum atomic E-state index is -0.522. The molecule has 0 unspecified atom stereocenters. The summed E-state index contributed by atoms with van der Waals surface area (Å²) in [5, 5.41) is 14.1. The summed E-state index contributed by atoms with van der Waals surface area (Å²) >= 11 is 3.39. The fourth-order valence-corrected chi connectivity index (χ4v) is 2.65. The highest BCUT2D eigenvalue weighted by molar-refractivity contribution is 9.10. The van der Waals surface area contributed by atoms with E-state index in [0.29, 0.717) is 6.42 Å². The summed E-state index contributed by atoms with van der Waals surface area (Å²) in [5.41, 5.74) is 1.76. The second kappa shape index (κ2) is 7.15. The summed E-state index contributed by atoms with van der Waals surface area (Å²) in [7, 11) is 0. The van der Waals surface area contributed by atoms with Gasteiger partial charge in [-0.1, -0.05) is 52.3 Å². The van der Waals surface area contributed by atoms with Gasteiger partial charge in [0.1, 0.15) is 12.4 Å². The van der Waals surface area contributed by atoms with Gasteiger partial charge in [-0.2, -0.15) is 0 Å². The van der Waals surface area contributed by atoms with E-state index in [9.17, 15) is 4.79 Å². The molecule has 1 heterocycles. The zero-order valence-electron chi connectivity index (χ0n) is 12.1. The summed E-state index contributed by atoms with van der Waals surface area (Å²) in [6, 6.07) is 16.7. The van der Waals surface area contributed by atoms with E-state index in [0.717, 1.165) is 15.7 Å². The van der Waals surface area contributed by atoms with Crippen LogP contribution in [-0.4, -0.2) is 26.1 Å². The smallest absolute Gasteiger partial charge is 0.249 e. The van der Waals surface area contributed by atoms with Crippen LogP contribution in [0.1, 0.15) is 11.6 Å². The topological polar surface area (TPSA) is 72.7 Å². The van der Waals surface area contributed by atoms with Crippen LogP contribution < -0.4 is 5.32 Å². The molecule has 6 nitrogen and oxygen atoms in total. The van der Waals surface area contributed by atoms with Crippen molar-refractivity contribution in [3.8, 4) is 0 Å². The number of carbonyl (C=O) groups is 1. The summed E-state index contributed by atoms with van der Waals surface area (Å²) < 4.78 is 2.37. The summed E-state index contributed by atoms with van der Waals surface area (Å²) in [5.74, 6) is -0.167. The molecule has 3 aromatic rings. The van der Waals surface area contributed by atoms with Gasteiger partial charge in [-0.25, -0.2) is 4.68 Å². The van der Waals surface area contributed by atoms with E-state index in [2.05, 4.69) is 36.8 Å². The molecule has 1 atom stereocenters. The minimum Gasteiger partial charge on any atom is -0.324 e. The van der Waals surface area contributed by atoms with Crippen molar-refractivity contribution in [3.63, 3.8) is 0 Å². The molecule has 0 radical (unpaired) electrons. The molecule has 0 fully saturated rings. The number of anilines is 1. The van der Waals surface area contributed by atoms with Crippen molar-refractivity contribution in [1.82, 2.24) is 20.2 Å². The third-order valence-electron chi connectivity index (χ3n) is 3.35. The number of nitrogens with one attached hydrogen (secondary N) is 1. The molecule has 1 N–H and O–H groups in total. The number of nitrogens with zero attached hydrogens (tertiary/aromatic N) is 4. The molecule has 1 aromatic heterocycles. The minimum absolute atomic E-state index is 0.167. The molecule has 0 saturated heterocycles. The van der Waals surface area contributed by atoms with Crippen molar-refractivity contribution in [2.45, 2.75) is 12.5 Å². The van der Waals surface area contributed by atoms with E-state index < -0.39 is 6.04 Å². The zero-order chi connectivity index (χ0) is 16.1. The number of amides is 1. The molecule has 0 aliphatic heterocycles. The number of aromatic nitrogens is 4. The van der Waals surface area contributed by atoms with Crippen LogP contribution >= 0.6 is 15.9 Å². The number of tetrazole rings is 1. The Kier molecular flexibility index (Phi) is 4.77. The first-order valence-corrected chi connectivity index (χ1v) is 7.84. The number of halogens is 1. The van der Waals surface area contributed by atoms with Gasteiger partial charge in [0.2, 0.25) is 5.91 Å². The lowest BCUT2D eigenvalue weighted by Crippen LogP contribution is -2.28. The molecule has 0 spiro atoms. The summed E-state index contributed by atoms with van der Waals surface area (Å²) in [6.07, 6.45) is 1.96. The second-order valence-corrected chi connectivity index (χ2v) is 5.91. The van der Waals surface area contributed by atoms with Crippen LogP contribution in [0.2, 0.25) is 0 Å². The number of hydrogen-bond donors (Lipinski definition) is 1. The van der Waals surface area contributed by atoms with Crippen molar-refractivity contribution < 1.29 is 4.79 Å². The van der Waals surface area contributed by atoms with Gasteiger partial charge in [-0.3, -0.25) is 4.79 Å². The van der Waals surface area contributed by atoms with Crippen LogP contribution in [0.5, 0.6) is 0 Å². The Morgan fingerprint density at radius 1 is 1.17 bits per heavy atom. The number of hydrogen-bond acceptors (Lipinski definition) is 4. The maximum absolute atomic E-state index is 12.7. The molecular formula is C16H14BrN5O. The zero-order valence-corrected chi connectivity index (χ0v) is 13.7. The SMILES string of the molecule is O=C(Nc1cccc(Br)c1)[C@@H](Cc1ccccc1)n1cnnn1. The molecule has 2 aromatic carbocycles. The van der Waals surface area contributed by atoms with Crippen LogP contribution in [0.4, 0.5) is 5.69 Å². The summed E-state index contributed by atoms with van der Waals surface area (Å²) in [6.45, 7) is 0. The van der Waals surface area contributed by atoms with Crippen molar-refractivity contribution >= 4 is 27.5 Å². The van der Waals surface area contributed by atoms with Crippen molar-refractivity contribution in [3.05, 3.63) is 71.0 Å². The third-order valence-corrected chi connectivity index (χ3v) is 3.84. The monoisotopic (exact) mass is 371 g/mol. The Labute approximate surface area is 141 Å². The first-order chi connectivity index (χ1) is 11.2. The highest BCUT2D eigenvalue weighted by atomic mass is 79.9. The highest BCUT2D eigenvalue weighted by Gasteiger charge is 2.22. The average Bonchev–Trinajstić information content (AvgIpc) is 3.07. The first kappa shape index (κ1) is 15.4. The molecule has 23 heavy (non-hydrogen) atoms. The van der Waals surface area contributed by atoms with E-state index >= 15 is 0 Å². The Morgan fingerprint density at radius 3 is 2.70 bits per heavy atom. The number of benzene rings is 2. The second-order valence-electron chi connectivity index (χ2n) is 4.99. The van der Waals surface area contributed by atoms with Crippen LogP contribution in [-0.2, 0) is 11.2 Å². The molecule has 0 aliphatic carbocycles. The van der Waals surface area contributed by atoms with Gasteiger partial charge in [0, 0.05) is 16.6 Å². The molecular weight excluding hydrogens is 358 g/mol. The predicted octanol–water partition coefficient (Wildman–Crippen LogP) is 2.86. The number of rotatable bonds is 5.